The SMILES string of the molecule is Cc1c(OCCO)ccc([C@H]2CCC[C@H]3CN(C(=O)c4cnc(C(F)(F)F)nc4)CCN32)c1C. The topological polar surface area (TPSA) is 78.8 Å². The van der Waals surface area contributed by atoms with E-state index >= 15 is 0 Å². The van der Waals surface area contributed by atoms with Crippen LogP contribution in [0.3, 0.4) is 0 Å². The van der Waals surface area contributed by atoms with Crippen molar-refractivity contribution in [2.45, 2.75) is 51.4 Å². The minimum Gasteiger partial charge on any atom is -0.491 e. The van der Waals surface area contributed by atoms with Gasteiger partial charge in [-0.25, -0.2) is 9.97 Å². The summed E-state index contributed by atoms with van der Waals surface area (Å²) in [4.78, 5) is 23.7. The van der Waals surface area contributed by atoms with Crippen molar-refractivity contribution in [3.8, 4) is 5.75 Å². The number of halogens is 3. The van der Waals surface area contributed by atoms with Crippen LogP contribution >= 0.6 is 0 Å². The van der Waals surface area contributed by atoms with E-state index < -0.39 is 12.0 Å². The van der Waals surface area contributed by atoms with Gasteiger partial charge in [-0.1, -0.05) is 6.07 Å². The molecule has 1 N–H and O–H groups in total. The number of benzene rings is 1. The van der Waals surface area contributed by atoms with Gasteiger partial charge in [-0.05, 0) is 55.9 Å². The minimum absolute atomic E-state index is 0.0356. The van der Waals surface area contributed by atoms with E-state index in [0.29, 0.717) is 19.6 Å². The number of ether oxygens (including phenoxy) is 1. The maximum absolute atomic E-state index is 12.9. The van der Waals surface area contributed by atoms with Gasteiger partial charge in [-0.2, -0.15) is 13.2 Å². The first-order valence-corrected chi connectivity index (χ1v) is 11.5. The number of rotatable bonds is 5. The number of alkyl halides is 3. The van der Waals surface area contributed by atoms with E-state index in [1.54, 1.807) is 4.90 Å². The smallest absolute Gasteiger partial charge is 0.451 e. The number of piperidine rings is 1. The quantitative estimate of drug-likeness (QED) is 0.709. The molecule has 4 rings (SSSR count). The fraction of sp³-hybridized carbons (Fsp3) is 0.542. The Hall–Kier alpha value is -2.72. The molecule has 2 saturated heterocycles. The van der Waals surface area contributed by atoms with Crippen LogP contribution in [-0.2, 0) is 6.18 Å². The fourth-order valence-electron chi connectivity index (χ4n) is 5.03. The van der Waals surface area contributed by atoms with Crippen LogP contribution in [0.15, 0.2) is 24.5 Å². The van der Waals surface area contributed by atoms with Crippen molar-refractivity contribution in [3.05, 3.63) is 52.6 Å². The third kappa shape index (κ3) is 4.88. The molecule has 1 aromatic carbocycles. The van der Waals surface area contributed by atoms with E-state index in [-0.39, 0.29) is 36.8 Å². The van der Waals surface area contributed by atoms with E-state index in [2.05, 4.69) is 27.9 Å². The third-order valence-electron chi connectivity index (χ3n) is 6.87. The van der Waals surface area contributed by atoms with Crippen LogP contribution < -0.4 is 4.74 Å². The fourth-order valence-corrected chi connectivity index (χ4v) is 5.03. The van der Waals surface area contributed by atoms with Gasteiger partial charge in [-0.15, -0.1) is 0 Å². The number of carbonyl (C=O) groups excluding carboxylic acids is 1. The largest absolute Gasteiger partial charge is 0.491 e. The molecular formula is C24H29F3N4O3. The summed E-state index contributed by atoms with van der Waals surface area (Å²) in [6.07, 6.45) is 0.289. The lowest BCUT2D eigenvalue weighted by Crippen LogP contribution is -2.57. The highest BCUT2D eigenvalue weighted by Gasteiger charge is 2.38. The number of nitrogens with zero attached hydrogens (tertiary/aromatic N) is 4. The molecule has 0 spiro atoms. The first kappa shape index (κ1) is 24.4. The molecule has 0 unspecified atom stereocenters. The van der Waals surface area contributed by atoms with Gasteiger partial charge in [0.2, 0.25) is 5.82 Å². The highest BCUT2D eigenvalue weighted by molar-refractivity contribution is 5.93. The molecule has 34 heavy (non-hydrogen) atoms. The molecule has 2 aliphatic rings. The predicted molar refractivity (Wildman–Crippen MR) is 119 cm³/mol. The maximum atomic E-state index is 12.9. The number of piperazine rings is 1. The van der Waals surface area contributed by atoms with Gasteiger partial charge in [0.1, 0.15) is 12.4 Å². The van der Waals surface area contributed by atoms with Crippen molar-refractivity contribution in [3.63, 3.8) is 0 Å². The lowest BCUT2D eigenvalue weighted by atomic mass is 9.86. The van der Waals surface area contributed by atoms with Crippen LogP contribution in [0.5, 0.6) is 5.75 Å². The number of aliphatic hydroxyl groups excluding tert-OH is 1. The van der Waals surface area contributed by atoms with Crippen LogP contribution in [0.2, 0.25) is 0 Å². The predicted octanol–water partition coefficient (Wildman–Crippen LogP) is 3.53. The van der Waals surface area contributed by atoms with Crippen molar-refractivity contribution in [1.29, 1.82) is 0 Å². The average Bonchev–Trinajstić information content (AvgIpc) is 2.83. The number of aromatic nitrogens is 2. The molecule has 2 atom stereocenters. The second-order valence-electron chi connectivity index (χ2n) is 8.86. The molecule has 7 nitrogen and oxygen atoms in total. The number of hydrogen-bond acceptors (Lipinski definition) is 6. The molecule has 184 valence electrons. The summed E-state index contributed by atoms with van der Waals surface area (Å²) in [5.74, 6) is -0.813. The van der Waals surface area contributed by atoms with Crippen molar-refractivity contribution < 1.29 is 27.8 Å². The van der Waals surface area contributed by atoms with Crippen molar-refractivity contribution in [2.75, 3.05) is 32.8 Å². The zero-order valence-electron chi connectivity index (χ0n) is 19.3. The molecule has 1 amide bonds. The lowest BCUT2D eigenvalue weighted by Gasteiger charge is -2.48. The second-order valence-corrected chi connectivity index (χ2v) is 8.86. The van der Waals surface area contributed by atoms with Crippen LogP contribution in [0.1, 0.15) is 58.2 Å². The maximum Gasteiger partial charge on any atom is 0.451 e. The van der Waals surface area contributed by atoms with Gasteiger partial charge >= 0.3 is 6.18 Å². The zero-order chi connectivity index (χ0) is 24.5. The highest BCUT2D eigenvalue weighted by Crippen LogP contribution is 2.39. The van der Waals surface area contributed by atoms with E-state index in [0.717, 1.165) is 43.0 Å². The number of fused-ring (bicyclic) bond motifs is 1. The number of aliphatic hydroxyl groups is 1. The minimum atomic E-state index is -4.63. The van der Waals surface area contributed by atoms with E-state index in [9.17, 15) is 18.0 Å². The monoisotopic (exact) mass is 478 g/mol. The normalized spacial score (nSPS) is 21.3. The molecule has 0 saturated carbocycles. The average molecular weight is 479 g/mol. The Morgan fingerprint density at radius 2 is 1.88 bits per heavy atom. The molecule has 1 aromatic heterocycles. The lowest BCUT2D eigenvalue weighted by molar-refractivity contribution is -0.145. The summed E-state index contributed by atoms with van der Waals surface area (Å²) < 4.78 is 43.8. The van der Waals surface area contributed by atoms with Gasteiger partial charge in [0, 0.05) is 44.1 Å². The Balaban J connectivity index is 1.47. The molecular weight excluding hydrogens is 449 g/mol. The van der Waals surface area contributed by atoms with Gasteiger partial charge in [-0.3, -0.25) is 9.69 Å². The van der Waals surface area contributed by atoms with Crippen LogP contribution in [0.4, 0.5) is 13.2 Å². The van der Waals surface area contributed by atoms with Crippen molar-refractivity contribution in [1.82, 2.24) is 19.8 Å². The van der Waals surface area contributed by atoms with Crippen LogP contribution in [0, 0.1) is 13.8 Å². The Bertz CT molecular complexity index is 1030. The summed E-state index contributed by atoms with van der Waals surface area (Å²) in [6.45, 7) is 6.02. The summed E-state index contributed by atoms with van der Waals surface area (Å²) in [5.41, 5.74) is 3.54. The Morgan fingerprint density at radius 3 is 2.56 bits per heavy atom. The summed E-state index contributed by atoms with van der Waals surface area (Å²) >= 11 is 0. The van der Waals surface area contributed by atoms with E-state index in [1.807, 2.05) is 13.0 Å². The number of carbonyl (C=O) groups is 1. The summed E-state index contributed by atoms with van der Waals surface area (Å²) in [7, 11) is 0. The molecule has 3 heterocycles. The Morgan fingerprint density at radius 1 is 1.15 bits per heavy atom. The molecule has 0 radical (unpaired) electrons. The molecule has 0 bridgehead atoms. The van der Waals surface area contributed by atoms with E-state index in [1.165, 1.54) is 11.1 Å². The van der Waals surface area contributed by atoms with Gasteiger partial charge in [0.15, 0.2) is 0 Å². The zero-order valence-corrected chi connectivity index (χ0v) is 19.3. The van der Waals surface area contributed by atoms with Crippen LogP contribution in [0.25, 0.3) is 0 Å². The number of amides is 1. The van der Waals surface area contributed by atoms with Gasteiger partial charge in [0.05, 0.1) is 12.2 Å². The first-order chi connectivity index (χ1) is 16.2. The molecule has 2 aromatic rings. The summed E-state index contributed by atoms with van der Waals surface area (Å²) in [6, 6.07) is 4.47. The second kappa shape index (κ2) is 9.87. The summed E-state index contributed by atoms with van der Waals surface area (Å²) in [5, 5.41) is 9.04. The number of hydrogen-bond donors (Lipinski definition) is 1. The third-order valence-corrected chi connectivity index (χ3v) is 6.87. The van der Waals surface area contributed by atoms with E-state index in [4.69, 9.17) is 9.84 Å². The van der Waals surface area contributed by atoms with Gasteiger partial charge < -0.3 is 14.7 Å². The van der Waals surface area contributed by atoms with Crippen LogP contribution in [-0.4, -0.2) is 69.7 Å². The molecule has 2 fully saturated rings. The first-order valence-electron chi connectivity index (χ1n) is 11.5. The molecule has 10 heteroatoms. The van der Waals surface area contributed by atoms with Crippen molar-refractivity contribution >= 4 is 5.91 Å². The van der Waals surface area contributed by atoms with Gasteiger partial charge in [0.25, 0.3) is 5.91 Å². The molecule has 2 aliphatic heterocycles. The Labute approximate surface area is 196 Å². The van der Waals surface area contributed by atoms with Crippen molar-refractivity contribution in [2.24, 2.45) is 0 Å². The Kier molecular flexibility index (Phi) is 7.09. The molecule has 0 aliphatic carbocycles. The standard InChI is InChI=1S/C24H29F3N4O3/c1-15-16(2)21(34-11-10-32)7-6-19(15)20-5-3-4-18-14-30(8-9-31(18)20)22(33)17-12-28-23(29-13-17)24(25,26)27/h6-7,12-13,18,20,32H,3-5,8-11,14H2,1-2H3/t18-,20+/m0/s1. The highest BCUT2D eigenvalue weighted by atomic mass is 19.4.